The van der Waals surface area contributed by atoms with E-state index >= 15 is 0 Å². The minimum atomic E-state index is -1.13. The van der Waals surface area contributed by atoms with Crippen molar-refractivity contribution in [1.82, 2.24) is 10.3 Å². The number of ether oxygens (including phenoxy) is 2. The van der Waals surface area contributed by atoms with E-state index in [1.807, 2.05) is 55.5 Å². The number of carbonyl (C=O) groups is 1. The number of thiazole rings is 1. The SMILES string of the molecule is COCCCc1sc(C)nc1C(=N)OC(=N)NC1N=C(c2ccccc2)c2ccccc2NC1=O. The van der Waals surface area contributed by atoms with Crippen molar-refractivity contribution in [1.29, 1.82) is 10.8 Å². The van der Waals surface area contributed by atoms with E-state index in [1.54, 1.807) is 13.2 Å². The number of benzodiazepines with no additional fused rings is 1. The molecule has 0 spiro atoms. The molecule has 35 heavy (non-hydrogen) atoms. The Labute approximate surface area is 207 Å². The maximum atomic E-state index is 12.9. The van der Waals surface area contributed by atoms with Gasteiger partial charge in [0.1, 0.15) is 5.69 Å². The number of nitrogens with one attached hydrogen (secondary N) is 4. The van der Waals surface area contributed by atoms with Gasteiger partial charge in [0.05, 0.1) is 16.4 Å². The summed E-state index contributed by atoms with van der Waals surface area (Å²) in [6.45, 7) is 2.46. The molecule has 1 aliphatic heterocycles. The molecule has 4 rings (SSSR count). The minimum Gasteiger partial charge on any atom is -0.405 e. The zero-order valence-electron chi connectivity index (χ0n) is 19.4. The van der Waals surface area contributed by atoms with E-state index in [9.17, 15) is 4.79 Å². The summed E-state index contributed by atoms with van der Waals surface area (Å²) in [5, 5.41) is 23.0. The van der Waals surface area contributed by atoms with Crippen molar-refractivity contribution in [3.63, 3.8) is 0 Å². The smallest absolute Gasteiger partial charge is 0.290 e. The first-order chi connectivity index (χ1) is 17.0. The number of nitrogens with zero attached hydrogens (tertiary/aromatic N) is 2. The van der Waals surface area contributed by atoms with Crippen LogP contribution in [0.5, 0.6) is 0 Å². The van der Waals surface area contributed by atoms with Crippen LogP contribution in [0.25, 0.3) is 0 Å². The Morgan fingerprint density at radius 1 is 1.14 bits per heavy atom. The molecule has 1 atom stereocenters. The number of aromatic nitrogens is 1. The molecule has 180 valence electrons. The van der Waals surface area contributed by atoms with Gasteiger partial charge in [0.15, 0.2) is 0 Å². The highest BCUT2D eigenvalue weighted by atomic mass is 32.1. The Morgan fingerprint density at radius 3 is 2.66 bits per heavy atom. The first-order valence-corrected chi connectivity index (χ1v) is 11.9. The van der Waals surface area contributed by atoms with Crippen LogP contribution in [0.2, 0.25) is 0 Å². The fraction of sp³-hybridized carbons (Fsp3) is 0.240. The van der Waals surface area contributed by atoms with Gasteiger partial charge in [-0.1, -0.05) is 48.5 Å². The molecule has 0 fully saturated rings. The van der Waals surface area contributed by atoms with E-state index in [2.05, 4.69) is 20.6 Å². The van der Waals surface area contributed by atoms with Crippen LogP contribution in [-0.4, -0.2) is 48.4 Å². The second kappa shape index (κ2) is 11.0. The normalized spacial score (nSPS) is 14.9. The second-order valence-corrected chi connectivity index (χ2v) is 9.07. The highest BCUT2D eigenvalue weighted by Gasteiger charge is 2.27. The van der Waals surface area contributed by atoms with E-state index in [0.29, 0.717) is 30.1 Å². The molecule has 0 aliphatic carbocycles. The van der Waals surface area contributed by atoms with Gasteiger partial charge in [-0.2, -0.15) is 0 Å². The lowest BCUT2D eigenvalue weighted by atomic mass is 10.0. The van der Waals surface area contributed by atoms with Crippen LogP contribution in [0.4, 0.5) is 5.69 Å². The first-order valence-electron chi connectivity index (χ1n) is 11.1. The zero-order valence-corrected chi connectivity index (χ0v) is 20.2. The van der Waals surface area contributed by atoms with Crippen LogP contribution >= 0.6 is 11.3 Å². The maximum absolute atomic E-state index is 12.9. The van der Waals surface area contributed by atoms with Crippen molar-refractivity contribution < 1.29 is 14.3 Å². The molecule has 9 nitrogen and oxygen atoms in total. The summed E-state index contributed by atoms with van der Waals surface area (Å²) in [5.74, 6) is -0.697. The standard InChI is InChI=1S/C25H26N6O3S/c1-15-28-21(19(35-15)13-8-14-33-2)22(26)34-25(27)31-23-24(32)29-18-12-7-6-11-17(18)20(30-23)16-9-4-3-5-10-16/h3-7,9-12,23,26H,8,13-14H2,1-2H3,(H2,27,31)(H,29,32). The third kappa shape index (κ3) is 5.79. The number of para-hydroxylation sites is 1. The average molecular weight is 491 g/mol. The number of methoxy groups -OCH3 is 1. The number of hydrogen-bond acceptors (Lipinski definition) is 8. The number of amidine groups is 1. The lowest BCUT2D eigenvalue weighted by Crippen LogP contribution is -2.43. The Morgan fingerprint density at radius 2 is 1.89 bits per heavy atom. The molecule has 3 aromatic rings. The number of rotatable bonds is 7. The Bertz CT molecular complexity index is 1270. The average Bonchev–Trinajstić information content (AvgIpc) is 3.16. The number of anilines is 1. The van der Waals surface area contributed by atoms with Gasteiger partial charge >= 0.3 is 0 Å². The minimum absolute atomic E-state index is 0.260. The Hall–Kier alpha value is -3.89. The number of amides is 1. The van der Waals surface area contributed by atoms with E-state index < -0.39 is 18.1 Å². The number of carbonyl (C=O) groups excluding carboxylic acids is 1. The highest BCUT2D eigenvalue weighted by molar-refractivity contribution is 7.11. The van der Waals surface area contributed by atoms with Crippen LogP contribution < -0.4 is 10.6 Å². The van der Waals surface area contributed by atoms with Gasteiger partial charge < -0.3 is 20.1 Å². The first kappa shape index (κ1) is 24.2. The molecular formula is C25H26N6O3S. The molecule has 2 heterocycles. The largest absolute Gasteiger partial charge is 0.405 e. The molecule has 0 saturated carbocycles. The third-order valence-electron chi connectivity index (χ3n) is 5.24. The maximum Gasteiger partial charge on any atom is 0.290 e. The molecule has 0 saturated heterocycles. The van der Waals surface area contributed by atoms with E-state index in [1.165, 1.54) is 11.3 Å². The van der Waals surface area contributed by atoms with Crippen LogP contribution in [0, 0.1) is 17.7 Å². The van der Waals surface area contributed by atoms with Crippen LogP contribution in [0.1, 0.15) is 33.1 Å². The van der Waals surface area contributed by atoms with Gasteiger partial charge in [-0.15, -0.1) is 11.3 Å². The number of aliphatic imine (C=N–C) groups is 1. The van der Waals surface area contributed by atoms with Gasteiger partial charge in [-0.05, 0) is 25.8 Å². The highest BCUT2D eigenvalue weighted by Crippen LogP contribution is 2.24. The van der Waals surface area contributed by atoms with Gasteiger partial charge in [0, 0.05) is 29.7 Å². The predicted molar refractivity (Wildman–Crippen MR) is 137 cm³/mol. The molecule has 10 heteroatoms. The van der Waals surface area contributed by atoms with Crippen molar-refractivity contribution in [3.05, 3.63) is 81.3 Å². The summed E-state index contributed by atoms with van der Waals surface area (Å²) in [4.78, 5) is 22.9. The summed E-state index contributed by atoms with van der Waals surface area (Å²) >= 11 is 1.49. The van der Waals surface area contributed by atoms with Gasteiger partial charge in [-0.25, -0.2) is 9.98 Å². The lowest BCUT2D eigenvalue weighted by Gasteiger charge is -2.15. The summed E-state index contributed by atoms with van der Waals surface area (Å²) in [6.07, 6.45) is 0.347. The van der Waals surface area contributed by atoms with Crippen molar-refractivity contribution >= 4 is 40.6 Å². The van der Waals surface area contributed by atoms with E-state index in [4.69, 9.17) is 20.3 Å². The van der Waals surface area contributed by atoms with Crippen molar-refractivity contribution in [2.45, 2.75) is 25.9 Å². The van der Waals surface area contributed by atoms with Gasteiger partial charge in [0.2, 0.25) is 12.1 Å². The van der Waals surface area contributed by atoms with E-state index in [-0.39, 0.29) is 5.90 Å². The van der Waals surface area contributed by atoms with Crippen LogP contribution in [0.15, 0.2) is 59.6 Å². The van der Waals surface area contributed by atoms with Crippen LogP contribution in [-0.2, 0) is 20.7 Å². The van der Waals surface area contributed by atoms with Crippen LogP contribution in [0.3, 0.4) is 0 Å². The van der Waals surface area contributed by atoms with Crippen molar-refractivity contribution in [2.75, 3.05) is 19.0 Å². The molecule has 4 N–H and O–H groups in total. The quantitative estimate of drug-likeness (QED) is 0.228. The molecule has 0 radical (unpaired) electrons. The Kier molecular flexibility index (Phi) is 7.64. The van der Waals surface area contributed by atoms with Crippen molar-refractivity contribution in [3.8, 4) is 0 Å². The fourth-order valence-electron chi connectivity index (χ4n) is 3.68. The van der Waals surface area contributed by atoms with Crippen molar-refractivity contribution in [2.24, 2.45) is 4.99 Å². The third-order valence-corrected chi connectivity index (χ3v) is 6.27. The molecule has 1 unspecified atom stereocenters. The number of hydrogen-bond donors (Lipinski definition) is 4. The van der Waals surface area contributed by atoms with Gasteiger partial charge in [0.25, 0.3) is 11.9 Å². The summed E-state index contributed by atoms with van der Waals surface area (Å²) in [6, 6.07) is 16.5. The number of fused-ring (bicyclic) bond motifs is 1. The van der Waals surface area contributed by atoms with Gasteiger partial charge in [-0.3, -0.25) is 15.6 Å². The number of aryl methyl sites for hydroxylation is 2. The predicted octanol–water partition coefficient (Wildman–Crippen LogP) is 3.71. The molecule has 1 aliphatic rings. The molecule has 0 bridgehead atoms. The number of benzene rings is 2. The topological polar surface area (TPSA) is 133 Å². The summed E-state index contributed by atoms with van der Waals surface area (Å²) in [7, 11) is 1.64. The lowest BCUT2D eigenvalue weighted by molar-refractivity contribution is -0.117. The fourth-order valence-corrected chi connectivity index (χ4v) is 4.65. The molecule has 2 aromatic carbocycles. The Balaban J connectivity index is 1.53. The molecule has 1 aromatic heterocycles. The monoisotopic (exact) mass is 490 g/mol. The summed E-state index contributed by atoms with van der Waals surface area (Å²) < 4.78 is 10.5. The second-order valence-electron chi connectivity index (χ2n) is 7.79. The summed E-state index contributed by atoms with van der Waals surface area (Å²) in [5.41, 5.74) is 3.23. The van der Waals surface area contributed by atoms with E-state index in [0.717, 1.165) is 27.4 Å². The molecule has 1 amide bonds. The molecular weight excluding hydrogens is 464 g/mol. The zero-order chi connectivity index (χ0) is 24.8.